The fourth-order valence-corrected chi connectivity index (χ4v) is 1.02. The molecule has 0 aliphatic heterocycles. The van der Waals surface area contributed by atoms with Crippen LogP contribution in [0.15, 0.2) is 0 Å². The molecule has 0 unspecified atom stereocenters. The summed E-state index contributed by atoms with van der Waals surface area (Å²) < 4.78 is 5.12. The molecule has 0 aliphatic rings. The molecule has 0 heterocycles. The van der Waals surface area contributed by atoms with Crippen LogP contribution in [0.2, 0.25) is 0 Å². The third-order valence-corrected chi connectivity index (χ3v) is 1.86. The molecule has 5 nitrogen and oxygen atoms in total. The number of amides is 1. The molecule has 0 aromatic heterocycles. The van der Waals surface area contributed by atoms with Crippen LogP contribution in [0.3, 0.4) is 0 Å². The Kier molecular flexibility index (Phi) is 7.62. The highest BCUT2D eigenvalue weighted by molar-refractivity contribution is 5.83. The van der Waals surface area contributed by atoms with Gasteiger partial charge >= 0.3 is 5.97 Å². The van der Waals surface area contributed by atoms with E-state index in [4.69, 9.17) is 9.84 Å². The Balaban J connectivity index is 3.67. The van der Waals surface area contributed by atoms with Crippen LogP contribution in [-0.2, 0) is 14.3 Å². The summed E-state index contributed by atoms with van der Waals surface area (Å²) >= 11 is 0. The second-order valence-electron chi connectivity index (χ2n) is 3.23. The smallest absolute Gasteiger partial charge is 0.326 e. The van der Waals surface area contributed by atoms with Crippen molar-refractivity contribution >= 4 is 11.9 Å². The number of hydrogen-bond donors (Lipinski definition) is 2. The van der Waals surface area contributed by atoms with E-state index in [1.54, 1.807) is 6.92 Å². The number of nitrogens with one attached hydrogen (secondary N) is 1. The number of carbonyl (C=O) groups is 2. The van der Waals surface area contributed by atoms with Crippen LogP contribution in [0.4, 0.5) is 0 Å². The van der Waals surface area contributed by atoms with E-state index in [9.17, 15) is 9.59 Å². The highest BCUT2D eigenvalue weighted by Crippen LogP contribution is 1.93. The van der Waals surface area contributed by atoms with Crippen LogP contribution in [0, 0.1) is 0 Å². The number of rotatable bonds is 8. The van der Waals surface area contributed by atoms with Gasteiger partial charge in [0, 0.05) is 13.0 Å². The van der Waals surface area contributed by atoms with Crippen molar-refractivity contribution in [2.45, 2.75) is 39.2 Å². The maximum atomic E-state index is 11.2. The van der Waals surface area contributed by atoms with Crippen molar-refractivity contribution in [3.8, 4) is 0 Å². The number of hydrogen-bond acceptors (Lipinski definition) is 3. The van der Waals surface area contributed by atoms with Gasteiger partial charge in [-0.25, -0.2) is 4.79 Å². The number of carbonyl (C=O) groups excluding carboxylic acids is 1. The van der Waals surface area contributed by atoms with Gasteiger partial charge in [-0.15, -0.1) is 0 Å². The Bertz CT molecular complexity index is 206. The number of carboxylic acid groups (broad SMARTS) is 1. The highest BCUT2D eigenvalue weighted by Gasteiger charge is 2.16. The van der Waals surface area contributed by atoms with Crippen LogP contribution in [0.25, 0.3) is 0 Å². The molecule has 1 atom stereocenters. The van der Waals surface area contributed by atoms with Crippen molar-refractivity contribution in [3.63, 3.8) is 0 Å². The van der Waals surface area contributed by atoms with Crippen molar-refractivity contribution in [1.82, 2.24) is 5.32 Å². The topological polar surface area (TPSA) is 75.6 Å². The van der Waals surface area contributed by atoms with E-state index in [0.29, 0.717) is 19.6 Å². The normalized spacial score (nSPS) is 12.1. The number of aliphatic carboxylic acids is 1. The van der Waals surface area contributed by atoms with Gasteiger partial charge in [-0.2, -0.15) is 0 Å². The molecule has 2 N–H and O–H groups in total. The summed E-state index contributed by atoms with van der Waals surface area (Å²) in [5, 5.41) is 11.1. The van der Waals surface area contributed by atoms with E-state index in [2.05, 4.69) is 5.32 Å². The van der Waals surface area contributed by atoms with Gasteiger partial charge < -0.3 is 15.2 Å². The first kappa shape index (κ1) is 13.9. The molecule has 15 heavy (non-hydrogen) atoms. The Labute approximate surface area is 89.8 Å². The zero-order valence-electron chi connectivity index (χ0n) is 9.28. The summed E-state index contributed by atoms with van der Waals surface area (Å²) in [7, 11) is 0. The summed E-state index contributed by atoms with van der Waals surface area (Å²) in [6.45, 7) is 4.67. The lowest BCUT2D eigenvalue weighted by atomic mass is 10.2. The standard InChI is InChI=1S/C10H19NO4/c1-3-6-15-7-5-9(12)11-8(4-2)10(13)14/h8H,3-7H2,1-2H3,(H,11,12)(H,13,14)/t8-/m1/s1. The van der Waals surface area contributed by atoms with E-state index < -0.39 is 12.0 Å². The highest BCUT2D eigenvalue weighted by atomic mass is 16.5. The summed E-state index contributed by atoms with van der Waals surface area (Å²) in [5.41, 5.74) is 0. The van der Waals surface area contributed by atoms with Gasteiger partial charge in [-0.1, -0.05) is 13.8 Å². The largest absolute Gasteiger partial charge is 0.480 e. The summed E-state index contributed by atoms with van der Waals surface area (Å²) in [6, 6.07) is -0.788. The van der Waals surface area contributed by atoms with Crippen molar-refractivity contribution in [2.75, 3.05) is 13.2 Å². The van der Waals surface area contributed by atoms with E-state index in [0.717, 1.165) is 6.42 Å². The third kappa shape index (κ3) is 6.90. The SMILES string of the molecule is CCCOCCC(=O)N[C@H](CC)C(=O)O. The fraction of sp³-hybridized carbons (Fsp3) is 0.800. The molecule has 0 rings (SSSR count). The molecule has 0 bridgehead atoms. The van der Waals surface area contributed by atoms with Crippen LogP contribution in [-0.4, -0.2) is 36.2 Å². The molecule has 0 aromatic rings. The van der Waals surface area contributed by atoms with Crippen molar-refractivity contribution in [3.05, 3.63) is 0 Å². The van der Waals surface area contributed by atoms with Crippen LogP contribution in [0.1, 0.15) is 33.1 Å². The van der Waals surface area contributed by atoms with E-state index >= 15 is 0 Å². The molecule has 0 fully saturated rings. The first-order valence-corrected chi connectivity index (χ1v) is 5.21. The Morgan fingerprint density at radius 1 is 1.33 bits per heavy atom. The molecule has 1 amide bonds. The fourth-order valence-electron chi connectivity index (χ4n) is 1.02. The third-order valence-electron chi connectivity index (χ3n) is 1.86. The maximum absolute atomic E-state index is 11.2. The Hall–Kier alpha value is -1.10. The second-order valence-corrected chi connectivity index (χ2v) is 3.23. The first-order valence-electron chi connectivity index (χ1n) is 5.21. The predicted molar refractivity (Wildman–Crippen MR) is 55.6 cm³/mol. The minimum absolute atomic E-state index is 0.212. The molecule has 88 valence electrons. The van der Waals surface area contributed by atoms with Gasteiger partial charge in [0.15, 0.2) is 0 Å². The molecule has 5 heteroatoms. The van der Waals surface area contributed by atoms with Crippen molar-refractivity contribution < 1.29 is 19.4 Å². The summed E-state index contributed by atoms with van der Waals surface area (Å²) in [6.07, 6.45) is 1.51. The lowest BCUT2D eigenvalue weighted by Gasteiger charge is -2.11. The van der Waals surface area contributed by atoms with Crippen LogP contribution >= 0.6 is 0 Å². The van der Waals surface area contributed by atoms with Gasteiger partial charge in [0.25, 0.3) is 0 Å². The van der Waals surface area contributed by atoms with E-state index in [-0.39, 0.29) is 12.3 Å². The summed E-state index contributed by atoms with van der Waals surface area (Å²) in [4.78, 5) is 21.8. The molecule has 0 saturated carbocycles. The first-order chi connectivity index (χ1) is 7.11. The average molecular weight is 217 g/mol. The second kappa shape index (κ2) is 8.23. The van der Waals surface area contributed by atoms with Crippen LogP contribution in [0.5, 0.6) is 0 Å². The Morgan fingerprint density at radius 2 is 2.00 bits per heavy atom. The van der Waals surface area contributed by atoms with Crippen LogP contribution < -0.4 is 5.32 Å². The zero-order chi connectivity index (χ0) is 11.7. The average Bonchev–Trinajstić information content (AvgIpc) is 2.20. The zero-order valence-corrected chi connectivity index (χ0v) is 9.28. The van der Waals surface area contributed by atoms with Gasteiger partial charge in [0.05, 0.1) is 6.61 Å². The van der Waals surface area contributed by atoms with Crippen molar-refractivity contribution in [1.29, 1.82) is 0 Å². The minimum atomic E-state index is -1.000. The number of ether oxygens (including phenoxy) is 1. The minimum Gasteiger partial charge on any atom is -0.480 e. The van der Waals surface area contributed by atoms with E-state index in [1.165, 1.54) is 0 Å². The quantitative estimate of drug-likeness (QED) is 0.589. The molecular weight excluding hydrogens is 198 g/mol. The van der Waals surface area contributed by atoms with Crippen molar-refractivity contribution in [2.24, 2.45) is 0 Å². The molecular formula is C10H19NO4. The lowest BCUT2D eigenvalue weighted by Crippen LogP contribution is -2.40. The summed E-state index contributed by atoms with van der Waals surface area (Å²) in [5.74, 6) is -1.28. The Morgan fingerprint density at radius 3 is 2.47 bits per heavy atom. The maximum Gasteiger partial charge on any atom is 0.326 e. The lowest BCUT2D eigenvalue weighted by molar-refractivity contribution is -0.142. The van der Waals surface area contributed by atoms with Gasteiger partial charge in [-0.3, -0.25) is 4.79 Å². The van der Waals surface area contributed by atoms with Gasteiger partial charge in [0.1, 0.15) is 6.04 Å². The number of carboxylic acids is 1. The predicted octanol–water partition coefficient (Wildman–Crippen LogP) is 0.782. The molecule has 0 aromatic carbocycles. The van der Waals surface area contributed by atoms with Gasteiger partial charge in [-0.05, 0) is 12.8 Å². The molecule has 0 radical (unpaired) electrons. The van der Waals surface area contributed by atoms with Gasteiger partial charge in [0.2, 0.25) is 5.91 Å². The van der Waals surface area contributed by atoms with E-state index in [1.807, 2.05) is 6.92 Å². The molecule has 0 saturated heterocycles. The molecule has 0 spiro atoms. The molecule has 0 aliphatic carbocycles. The monoisotopic (exact) mass is 217 g/mol.